The number of aromatic nitrogens is 1. The van der Waals surface area contributed by atoms with Crippen LogP contribution in [-0.2, 0) is 6.18 Å². The zero-order chi connectivity index (χ0) is 23.0. The largest absolute Gasteiger partial charge is 0.478 e. The van der Waals surface area contributed by atoms with Gasteiger partial charge in [0.05, 0.1) is 27.7 Å². The Bertz CT molecular complexity index is 941. The number of nitrogens with one attached hydrogen (secondary N) is 2. The maximum atomic E-state index is 13.1. The van der Waals surface area contributed by atoms with Crippen molar-refractivity contribution in [3.63, 3.8) is 0 Å². The van der Waals surface area contributed by atoms with Crippen molar-refractivity contribution in [1.29, 1.82) is 0 Å². The van der Waals surface area contributed by atoms with Crippen LogP contribution in [0, 0.1) is 10.1 Å². The number of rotatable bonds is 10. The smallest absolute Gasteiger partial charge is 0.416 e. The van der Waals surface area contributed by atoms with Gasteiger partial charge in [-0.15, -0.1) is 0 Å². The molecule has 0 radical (unpaired) electrons. The van der Waals surface area contributed by atoms with Gasteiger partial charge >= 0.3 is 6.18 Å². The molecule has 0 unspecified atom stereocenters. The SMILES string of the molecule is CCCNc1cc(C(F)(F)F)cc(OCCCNC(=O)c2cc([N+](=O)[O-])ccc2Cl)n1. The first kappa shape index (κ1) is 24.2. The Balaban J connectivity index is 1.92. The molecule has 12 heteroatoms. The van der Waals surface area contributed by atoms with Crippen molar-refractivity contribution >= 4 is 29.0 Å². The predicted molar refractivity (Wildman–Crippen MR) is 109 cm³/mol. The third-order valence-corrected chi connectivity index (χ3v) is 4.28. The Hall–Kier alpha value is -3.08. The number of carbonyl (C=O) groups excluding carboxylic acids is 1. The number of nitro groups is 1. The van der Waals surface area contributed by atoms with Crippen LogP contribution in [0.4, 0.5) is 24.7 Å². The Morgan fingerprint density at radius 3 is 2.65 bits per heavy atom. The van der Waals surface area contributed by atoms with Crippen molar-refractivity contribution < 1.29 is 27.6 Å². The van der Waals surface area contributed by atoms with Gasteiger partial charge in [0.2, 0.25) is 5.88 Å². The summed E-state index contributed by atoms with van der Waals surface area (Å²) in [6.45, 7) is 2.43. The number of amides is 1. The van der Waals surface area contributed by atoms with Crippen molar-refractivity contribution in [2.45, 2.75) is 25.9 Å². The molecule has 0 bridgehead atoms. The number of hydrogen-bond acceptors (Lipinski definition) is 6. The van der Waals surface area contributed by atoms with Crippen LogP contribution in [0.25, 0.3) is 0 Å². The molecule has 1 heterocycles. The van der Waals surface area contributed by atoms with Gasteiger partial charge in [0.25, 0.3) is 11.6 Å². The first-order valence-corrected chi connectivity index (χ1v) is 9.67. The lowest BCUT2D eigenvalue weighted by atomic mass is 10.2. The van der Waals surface area contributed by atoms with E-state index < -0.39 is 22.6 Å². The molecule has 0 saturated heterocycles. The van der Waals surface area contributed by atoms with Crippen LogP contribution >= 0.6 is 11.6 Å². The van der Waals surface area contributed by atoms with Gasteiger partial charge in [-0.25, -0.2) is 0 Å². The summed E-state index contributed by atoms with van der Waals surface area (Å²) in [5, 5.41) is 16.2. The maximum Gasteiger partial charge on any atom is 0.416 e. The van der Waals surface area contributed by atoms with Crippen LogP contribution in [0.1, 0.15) is 35.7 Å². The van der Waals surface area contributed by atoms with Crippen molar-refractivity contribution in [3.8, 4) is 5.88 Å². The fourth-order valence-electron chi connectivity index (χ4n) is 2.43. The highest BCUT2D eigenvalue weighted by molar-refractivity contribution is 6.33. The summed E-state index contributed by atoms with van der Waals surface area (Å²) in [5.41, 5.74) is -1.21. The normalized spacial score (nSPS) is 11.1. The first-order valence-electron chi connectivity index (χ1n) is 9.30. The van der Waals surface area contributed by atoms with E-state index in [1.807, 2.05) is 6.92 Å². The van der Waals surface area contributed by atoms with Gasteiger partial charge in [-0.2, -0.15) is 18.2 Å². The van der Waals surface area contributed by atoms with E-state index in [1.54, 1.807) is 0 Å². The summed E-state index contributed by atoms with van der Waals surface area (Å²) < 4.78 is 44.5. The number of hydrogen-bond donors (Lipinski definition) is 2. The Morgan fingerprint density at radius 2 is 2.00 bits per heavy atom. The molecule has 0 aliphatic carbocycles. The summed E-state index contributed by atoms with van der Waals surface area (Å²) in [7, 11) is 0. The fourth-order valence-corrected chi connectivity index (χ4v) is 2.64. The third kappa shape index (κ3) is 7.28. The van der Waals surface area contributed by atoms with Crippen LogP contribution < -0.4 is 15.4 Å². The Labute approximate surface area is 180 Å². The molecule has 31 heavy (non-hydrogen) atoms. The topological polar surface area (TPSA) is 106 Å². The molecule has 0 aliphatic heterocycles. The summed E-state index contributed by atoms with van der Waals surface area (Å²) >= 11 is 5.90. The minimum Gasteiger partial charge on any atom is -0.478 e. The number of non-ortho nitro benzene ring substituents is 1. The molecule has 1 aromatic heterocycles. The van der Waals surface area contributed by atoms with Gasteiger partial charge in [-0.1, -0.05) is 18.5 Å². The van der Waals surface area contributed by atoms with Crippen LogP contribution in [-0.4, -0.2) is 35.5 Å². The average molecular weight is 461 g/mol. The standard InChI is InChI=1S/C19H20ClF3N4O4/c1-2-6-24-16-9-12(19(21,22)23)10-17(26-16)31-8-3-7-25-18(28)14-11-13(27(29)30)4-5-15(14)20/h4-5,9-11H,2-3,6-8H2,1H3,(H,24,26)(H,25,28). The molecular formula is C19H20ClF3N4O4. The molecule has 2 rings (SSSR count). The van der Waals surface area contributed by atoms with E-state index >= 15 is 0 Å². The molecule has 1 amide bonds. The van der Waals surface area contributed by atoms with Crippen molar-refractivity contribution in [1.82, 2.24) is 10.3 Å². The van der Waals surface area contributed by atoms with E-state index in [-0.39, 0.29) is 47.5 Å². The lowest BCUT2D eigenvalue weighted by Gasteiger charge is -2.13. The van der Waals surface area contributed by atoms with E-state index in [4.69, 9.17) is 16.3 Å². The molecule has 0 atom stereocenters. The van der Waals surface area contributed by atoms with E-state index in [0.717, 1.165) is 18.2 Å². The summed E-state index contributed by atoms with van der Waals surface area (Å²) in [5.74, 6) is -0.751. The number of alkyl halides is 3. The number of nitro benzene ring substituents is 1. The number of pyridine rings is 1. The predicted octanol–water partition coefficient (Wildman–Crippen LogP) is 4.68. The Kier molecular flexibility index (Phi) is 8.43. The van der Waals surface area contributed by atoms with E-state index in [0.29, 0.717) is 13.0 Å². The van der Waals surface area contributed by atoms with Gasteiger partial charge in [0.1, 0.15) is 5.82 Å². The number of halogens is 4. The van der Waals surface area contributed by atoms with Crippen molar-refractivity contribution in [2.24, 2.45) is 0 Å². The molecule has 0 saturated carbocycles. The second-order valence-electron chi connectivity index (χ2n) is 6.38. The lowest BCUT2D eigenvalue weighted by molar-refractivity contribution is -0.384. The van der Waals surface area contributed by atoms with Crippen LogP contribution in [0.2, 0.25) is 5.02 Å². The number of ether oxygens (including phenoxy) is 1. The lowest BCUT2D eigenvalue weighted by Crippen LogP contribution is -2.26. The Morgan fingerprint density at radius 1 is 1.26 bits per heavy atom. The second kappa shape index (κ2) is 10.8. The number of benzene rings is 1. The highest BCUT2D eigenvalue weighted by Crippen LogP contribution is 2.32. The average Bonchev–Trinajstić information content (AvgIpc) is 2.71. The van der Waals surface area contributed by atoms with Crippen molar-refractivity contribution in [2.75, 3.05) is 25.0 Å². The quantitative estimate of drug-likeness (QED) is 0.303. The molecule has 2 N–H and O–H groups in total. The summed E-state index contributed by atoms with van der Waals surface area (Å²) in [6.07, 6.45) is -3.58. The van der Waals surface area contributed by atoms with Gasteiger partial charge < -0.3 is 15.4 Å². The van der Waals surface area contributed by atoms with Crippen LogP contribution in [0.3, 0.4) is 0 Å². The van der Waals surface area contributed by atoms with Gasteiger partial charge in [-0.3, -0.25) is 14.9 Å². The molecule has 0 fully saturated rings. The van der Waals surface area contributed by atoms with Gasteiger partial charge in [0.15, 0.2) is 0 Å². The number of carbonyl (C=O) groups is 1. The molecule has 168 valence electrons. The zero-order valence-corrected chi connectivity index (χ0v) is 17.2. The molecule has 0 aliphatic rings. The highest BCUT2D eigenvalue weighted by atomic mass is 35.5. The minimum absolute atomic E-state index is 0.00945. The van der Waals surface area contributed by atoms with Gasteiger partial charge in [0, 0.05) is 31.3 Å². The molecule has 2 aromatic rings. The number of nitrogens with zero attached hydrogens (tertiary/aromatic N) is 2. The van der Waals surface area contributed by atoms with Gasteiger partial charge in [-0.05, 0) is 25.0 Å². The zero-order valence-electron chi connectivity index (χ0n) is 16.5. The summed E-state index contributed by atoms with van der Waals surface area (Å²) in [4.78, 5) is 26.3. The minimum atomic E-state index is -4.55. The molecular weight excluding hydrogens is 441 g/mol. The van der Waals surface area contributed by atoms with E-state index in [1.165, 1.54) is 12.1 Å². The first-order chi connectivity index (χ1) is 14.6. The third-order valence-electron chi connectivity index (χ3n) is 3.95. The maximum absolute atomic E-state index is 13.1. The molecule has 8 nitrogen and oxygen atoms in total. The van der Waals surface area contributed by atoms with E-state index in [9.17, 15) is 28.1 Å². The molecule has 1 aromatic carbocycles. The highest BCUT2D eigenvalue weighted by Gasteiger charge is 2.32. The van der Waals surface area contributed by atoms with Crippen LogP contribution in [0.5, 0.6) is 5.88 Å². The fraction of sp³-hybridized carbons (Fsp3) is 0.368. The van der Waals surface area contributed by atoms with Crippen LogP contribution in [0.15, 0.2) is 30.3 Å². The summed E-state index contributed by atoms with van der Waals surface area (Å²) in [6, 6.07) is 5.20. The van der Waals surface area contributed by atoms with E-state index in [2.05, 4.69) is 15.6 Å². The van der Waals surface area contributed by atoms with Crippen molar-refractivity contribution in [3.05, 3.63) is 56.6 Å². The number of anilines is 1. The molecule has 0 spiro atoms. The second-order valence-corrected chi connectivity index (χ2v) is 6.79. The monoisotopic (exact) mass is 460 g/mol.